The summed E-state index contributed by atoms with van der Waals surface area (Å²) in [7, 11) is -2.12. The van der Waals surface area contributed by atoms with Crippen LogP contribution in [0.4, 0.5) is 0 Å². The second kappa shape index (κ2) is 4.43. The van der Waals surface area contributed by atoms with E-state index in [1.807, 2.05) is 30.9 Å². The smallest absolute Gasteiger partial charge is 0.113 e. The quantitative estimate of drug-likeness (QED) is 0.771. The van der Waals surface area contributed by atoms with Crippen molar-refractivity contribution < 1.29 is 4.57 Å². The van der Waals surface area contributed by atoms with Gasteiger partial charge in [0.15, 0.2) is 0 Å². The topological polar surface area (TPSA) is 17.1 Å². The Labute approximate surface area is 99.8 Å². The molecular weight excluding hydrogens is 271 g/mol. The molecule has 2 rings (SSSR count). The third-order valence-corrected chi connectivity index (χ3v) is 6.26. The second-order valence-electron chi connectivity index (χ2n) is 4.56. The molecular formula is C12H16BrOP. The number of hydrogen-bond donors (Lipinski definition) is 0. The highest BCUT2D eigenvalue weighted by Crippen LogP contribution is 2.46. The highest BCUT2D eigenvalue weighted by molar-refractivity contribution is 9.10. The molecule has 0 amide bonds. The molecule has 1 atom stereocenters. The van der Waals surface area contributed by atoms with Gasteiger partial charge in [-0.25, -0.2) is 0 Å². The van der Waals surface area contributed by atoms with Gasteiger partial charge in [-0.05, 0) is 37.6 Å². The molecule has 0 N–H and O–H groups in total. The van der Waals surface area contributed by atoms with Crippen molar-refractivity contribution in [1.29, 1.82) is 0 Å². The van der Waals surface area contributed by atoms with Crippen molar-refractivity contribution in [3.8, 4) is 0 Å². The van der Waals surface area contributed by atoms with Crippen molar-refractivity contribution in [2.45, 2.75) is 19.3 Å². The zero-order valence-corrected chi connectivity index (χ0v) is 11.4. The Kier molecular flexibility index (Phi) is 3.37. The Balaban J connectivity index is 2.16. The molecule has 1 saturated carbocycles. The molecule has 1 aromatic rings. The number of halogens is 1. The SMILES string of the molecule is CP(=O)(CC1CCC1)c1cccc(Br)c1. The van der Waals surface area contributed by atoms with Crippen LogP contribution in [-0.2, 0) is 4.57 Å². The highest BCUT2D eigenvalue weighted by atomic mass is 79.9. The molecule has 1 nitrogen and oxygen atoms in total. The fourth-order valence-electron chi connectivity index (χ4n) is 2.04. The van der Waals surface area contributed by atoms with Crippen LogP contribution in [0.3, 0.4) is 0 Å². The lowest BCUT2D eigenvalue weighted by Crippen LogP contribution is -2.19. The van der Waals surface area contributed by atoms with E-state index in [1.54, 1.807) is 0 Å². The fraction of sp³-hybridized carbons (Fsp3) is 0.500. The van der Waals surface area contributed by atoms with Crippen molar-refractivity contribution in [3.05, 3.63) is 28.7 Å². The first-order chi connectivity index (χ1) is 7.08. The van der Waals surface area contributed by atoms with E-state index in [9.17, 15) is 4.57 Å². The molecule has 0 heterocycles. The van der Waals surface area contributed by atoms with Crippen LogP contribution in [0.15, 0.2) is 28.7 Å². The Morgan fingerprint density at radius 1 is 1.47 bits per heavy atom. The maximum Gasteiger partial charge on any atom is 0.113 e. The minimum atomic E-state index is -2.12. The second-order valence-corrected chi connectivity index (χ2v) is 8.56. The lowest BCUT2D eigenvalue weighted by Gasteiger charge is -2.28. The molecule has 0 aliphatic heterocycles. The summed E-state index contributed by atoms with van der Waals surface area (Å²) in [5.74, 6) is 0.708. The molecule has 1 aromatic carbocycles. The van der Waals surface area contributed by atoms with Crippen molar-refractivity contribution in [2.24, 2.45) is 5.92 Å². The van der Waals surface area contributed by atoms with E-state index < -0.39 is 7.14 Å². The third kappa shape index (κ3) is 2.73. The van der Waals surface area contributed by atoms with Crippen molar-refractivity contribution in [3.63, 3.8) is 0 Å². The molecule has 1 aliphatic carbocycles. The maximum atomic E-state index is 12.6. The van der Waals surface area contributed by atoms with E-state index in [0.29, 0.717) is 5.92 Å². The van der Waals surface area contributed by atoms with Gasteiger partial charge in [0.1, 0.15) is 7.14 Å². The lowest BCUT2D eigenvalue weighted by molar-refractivity contribution is 0.348. The third-order valence-electron chi connectivity index (χ3n) is 3.19. The van der Waals surface area contributed by atoms with Crippen LogP contribution in [0.2, 0.25) is 0 Å². The van der Waals surface area contributed by atoms with E-state index in [4.69, 9.17) is 0 Å². The predicted molar refractivity (Wildman–Crippen MR) is 69.5 cm³/mol. The van der Waals surface area contributed by atoms with Crippen LogP contribution in [-0.4, -0.2) is 12.8 Å². The van der Waals surface area contributed by atoms with Gasteiger partial charge >= 0.3 is 0 Å². The fourth-order valence-corrected chi connectivity index (χ4v) is 4.99. The molecule has 0 aromatic heterocycles. The Bertz CT molecular complexity index is 398. The van der Waals surface area contributed by atoms with Gasteiger partial charge in [-0.15, -0.1) is 0 Å². The molecule has 15 heavy (non-hydrogen) atoms. The van der Waals surface area contributed by atoms with E-state index >= 15 is 0 Å². The summed E-state index contributed by atoms with van der Waals surface area (Å²) in [6.45, 7) is 1.92. The molecule has 0 radical (unpaired) electrons. The van der Waals surface area contributed by atoms with Crippen LogP contribution < -0.4 is 5.30 Å². The van der Waals surface area contributed by atoms with Gasteiger partial charge in [-0.3, -0.25) is 0 Å². The molecule has 82 valence electrons. The average molecular weight is 287 g/mol. The standard InChI is InChI=1S/C12H16BrOP/c1-15(14,9-10-4-2-5-10)12-7-3-6-11(13)8-12/h3,6-8,10H,2,4-5,9H2,1H3. The first kappa shape index (κ1) is 11.4. The monoisotopic (exact) mass is 286 g/mol. The molecule has 1 aliphatic rings. The molecule has 1 unspecified atom stereocenters. The lowest BCUT2D eigenvalue weighted by atomic mass is 9.87. The van der Waals surface area contributed by atoms with Gasteiger partial charge in [-0.2, -0.15) is 0 Å². The van der Waals surface area contributed by atoms with E-state index in [0.717, 1.165) is 15.9 Å². The number of rotatable bonds is 3. The van der Waals surface area contributed by atoms with Crippen molar-refractivity contribution in [1.82, 2.24) is 0 Å². The zero-order chi connectivity index (χ0) is 10.9. The molecule has 0 bridgehead atoms. The molecule has 0 spiro atoms. The van der Waals surface area contributed by atoms with Crippen LogP contribution in [0.25, 0.3) is 0 Å². The van der Waals surface area contributed by atoms with Crippen LogP contribution in [0.1, 0.15) is 19.3 Å². The van der Waals surface area contributed by atoms with Crippen LogP contribution in [0.5, 0.6) is 0 Å². The summed E-state index contributed by atoms with van der Waals surface area (Å²) in [5, 5.41) is 1.02. The summed E-state index contributed by atoms with van der Waals surface area (Å²) >= 11 is 3.43. The normalized spacial score (nSPS) is 20.7. The van der Waals surface area contributed by atoms with Crippen molar-refractivity contribution >= 4 is 28.4 Å². The molecule has 1 fully saturated rings. The number of hydrogen-bond acceptors (Lipinski definition) is 1. The Hall–Kier alpha value is -0.0700. The number of benzene rings is 1. The summed E-state index contributed by atoms with van der Waals surface area (Å²) in [6.07, 6.45) is 4.75. The zero-order valence-electron chi connectivity index (χ0n) is 8.95. The van der Waals surface area contributed by atoms with Crippen molar-refractivity contribution in [2.75, 3.05) is 12.8 Å². The Morgan fingerprint density at radius 3 is 2.73 bits per heavy atom. The highest BCUT2D eigenvalue weighted by Gasteiger charge is 2.27. The van der Waals surface area contributed by atoms with Crippen LogP contribution >= 0.6 is 23.1 Å². The van der Waals surface area contributed by atoms with E-state index in [2.05, 4.69) is 15.9 Å². The largest absolute Gasteiger partial charge is 0.319 e. The molecule has 0 saturated heterocycles. The average Bonchev–Trinajstić information content (AvgIpc) is 2.12. The molecule has 3 heteroatoms. The van der Waals surface area contributed by atoms with Gasteiger partial charge in [0, 0.05) is 15.9 Å². The summed E-state index contributed by atoms with van der Waals surface area (Å²) in [4.78, 5) is 0. The summed E-state index contributed by atoms with van der Waals surface area (Å²) in [5.41, 5.74) is 0. The van der Waals surface area contributed by atoms with Crippen LogP contribution in [0, 0.1) is 5.92 Å². The summed E-state index contributed by atoms with van der Waals surface area (Å²) < 4.78 is 13.6. The first-order valence-electron chi connectivity index (χ1n) is 5.40. The Morgan fingerprint density at radius 2 is 2.20 bits per heavy atom. The van der Waals surface area contributed by atoms with Gasteiger partial charge < -0.3 is 4.57 Å². The first-order valence-corrected chi connectivity index (χ1v) is 8.54. The van der Waals surface area contributed by atoms with Gasteiger partial charge in [0.25, 0.3) is 0 Å². The van der Waals surface area contributed by atoms with Gasteiger partial charge in [-0.1, -0.05) is 34.5 Å². The van der Waals surface area contributed by atoms with E-state index in [-0.39, 0.29) is 0 Å². The minimum Gasteiger partial charge on any atom is -0.319 e. The van der Waals surface area contributed by atoms with Gasteiger partial charge in [0.2, 0.25) is 0 Å². The predicted octanol–water partition coefficient (Wildman–Crippen LogP) is 3.87. The minimum absolute atomic E-state index is 0.708. The van der Waals surface area contributed by atoms with Gasteiger partial charge in [0.05, 0.1) is 0 Å². The van der Waals surface area contributed by atoms with E-state index in [1.165, 1.54) is 19.3 Å². The summed E-state index contributed by atoms with van der Waals surface area (Å²) in [6, 6.07) is 7.94. The maximum absolute atomic E-state index is 12.6.